The first-order chi connectivity index (χ1) is 10.8. The summed E-state index contributed by atoms with van der Waals surface area (Å²) in [6, 6.07) is 4.23. The molecule has 0 atom stereocenters. The number of nitrogens with zero attached hydrogens (tertiary/aromatic N) is 4. The van der Waals surface area contributed by atoms with Gasteiger partial charge in [-0.05, 0) is 25.3 Å². The van der Waals surface area contributed by atoms with Gasteiger partial charge in [-0.3, -0.25) is 0 Å². The molecule has 1 aliphatic carbocycles. The molecule has 0 saturated heterocycles. The number of ether oxygens (including phenoxy) is 2. The Hall–Kier alpha value is -2.57. The van der Waals surface area contributed by atoms with Gasteiger partial charge in [0.1, 0.15) is 6.33 Å². The Morgan fingerprint density at radius 1 is 1.18 bits per heavy atom. The van der Waals surface area contributed by atoms with Crippen molar-refractivity contribution in [1.82, 2.24) is 19.6 Å². The molecule has 7 nitrogen and oxygen atoms in total. The van der Waals surface area contributed by atoms with Crippen molar-refractivity contribution in [2.45, 2.75) is 25.3 Å². The normalized spacial score (nSPS) is 15.0. The maximum absolute atomic E-state index is 5.37. The Bertz CT molecular complexity index is 841. The van der Waals surface area contributed by atoms with E-state index in [-0.39, 0.29) is 0 Å². The molecular formula is C15H17N5O2. The van der Waals surface area contributed by atoms with Crippen molar-refractivity contribution in [3.63, 3.8) is 0 Å². The highest BCUT2D eigenvalue weighted by atomic mass is 16.5. The Morgan fingerprint density at radius 3 is 2.64 bits per heavy atom. The maximum atomic E-state index is 5.37. The van der Waals surface area contributed by atoms with Crippen LogP contribution in [0.2, 0.25) is 0 Å². The molecule has 1 aliphatic rings. The molecule has 22 heavy (non-hydrogen) atoms. The summed E-state index contributed by atoms with van der Waals surface area (Å²) in [5.41, 5.74) is 1.56. The molecule has 0 amide bonds. The van der Waals surface area contributed by atoms with Crippen LogP contribution in [-0.2, 0) is 0 Å². The van der Waals surface area contributed by atoms with E-state index in [1.807, 2.05) is 12.1 Å². The molecular weight excluding hydrogens is 282 g/mol. The van der Waals surface area contributed by atoms with E-state index in [0.29, 0.717) is 17.5 Å². The van der Waals surface area contributed by atoms with Crippen LogP contribution in [-0.4, -0.2) is 39.8 Å². The summed E-state index contributed by atoms with van der Waals surface area (Å²) >= 11 is 0. The van der Waals surface area contributed by atoms with Gasteiger partial charge in [-0.15, -0.1) is 0 Å². The Kier molecular flexibility index (Phi) is 2.99. The van der Waals surface area contributed by atoms with Gasteiger partial charge in [0.15, 0.2) is 17.1 Å². The van der Waals surface area contributed by atoms with Crippen LogP contribution >= 0.6 is 0 Å². The highest BCUT2D eigenvalue weighted by Crippen LogP contribution is 2.34. The van der Waals surface area contributed by atoms with Crippen LogP contribution < -0.4 is 14.8 Å². The molecule has 2 aromatic heterocycles. The quantitative estimate of drug-likeness (QED) is 0.796. The van der Waals surface area contributed by atoms with Crippen LogP contribution in [0.3, 0.4) is 0 Å². The average molecular weight is 299 g/mol. The SMILES string of the molecule is COc1cc2nc(NC3CCC3)n3ncnc3c2cc1OC. The van der Waals surface area contributed by atoms with Gasteiger partial charge < -0.3 is 14.8 Å². The number of rotatable bonds is 4. The van der Waals surface area contributed by atoms with E-state index in [2.05, 4.69) is 15.4 Å². The summed E-state index contributed by atoms with van der Waals surface area (Å²) in [6.07, 6.45) is 5.14. The van der Waals surface area contributed by atoms with Crippen LogP contribution in [0.25, 0.3) is 16.6 Å². The molecule has 0 bridgehead atoms. The minimum Gasteiger partial charge on any atom is -0.493 e. The molecule has 1 fully saturated rings. The first kappa shape index (κ1) is 13.1. The van der Waals surface area contributed by atoms with Gasteiger partial charge in [-0.2, -0.15) is 9.61 Å². The Morgan fingerprint density at radius 2 is 1.95 bits per heavy atom. The Balaban J connectivity index is 1.94. The van der Waals surface area contributed by atoms with Crippen LogP contribution in [0, 0.1) is 0 Å². The first-order valence-electron chi connectivity index (χ1n) is 7.32. The fraction of sp³-hybridized carbons (Fsp3) is 0.400. The average Bonchev–Trinajstić information content (AvgIpc) is 2.99. The molecule has 0 unspecified atom stereocenters. The lowest BCUT2D eigenvalue weighted by atomic mass is 9.93. The monoisotopic (exact) mass is 299 g/mol. The zero-order valence-corrected chi connectivity index (χ0v) is 12.5. The second kappa shape index (κ2) is 5.01. The molecule has 4 rings (SSSR count). The van der Waals surface area contributed by atoms with Crippen molar-refractivity contribution in [2.24, 2.45) is 0 Å². The molecule has 114 valence electrons. The number of hydrogen-bond donors (Lipinski definition) is 1. The lowest BCUT2D eigenvalue weighted by Gasteiger charge is -2.27. The van der Waals surface area contributed by atoms with Gasteiger partial charge in [-0.25, -0.2) is 9.97 Å². The van der Waals surface area contributed by atoms with Crippen LogP contribution in [0.4, 0.5) is 5.95 Å². The van der Waals surface area contributed by atoms with E-state index in [0.717, 1.165) is 22.5 Å². The second-order valence-electron chi connectivity index (χ2n) is 5.43. The molecule has 7 heteroatoms. The van der Waals surface area contributed by atoms with Crippen molar-refractivity contribution in [1.29, 1.82) is 0 Å². The van der Waals surface area contributed by atoms with Crippen LogP contribution in [0.5, 0.6) is 11.5 Å². The Labute approximate surface area is 127 Å². The predicted molar refractivity (Wildman–Crippen MR) is 82.7 cm³/mol. The van der Waals surface area contributed by atoms with E-state index in [4.69, 9.17) is 14.5 Å². The van der Waals surface area contributed by atoms with Crippen molar-refractivity contribution < 1.29 is 9.47 Å². The van der Waals surface area contributed by atoms with E-state index < -0.39 is 0 Å². The molecule has 1 N–H and O–H groups in total. The molecule has 3 aromatic rings. The van der Waals surface area contributed by atoms with Crippen molar-refractivity contribution in [3.05, 3.63) is 18.5 Å². The minimum absolute atomic E-state index is 0.470. The third-order valence-electron chi connectivity index (χ3n) is 4.16. The highest BCUT2D eigenvalue weighted by molar-refractivity contribution is 5.94. The molecule has 0 spiro atoms. The van der Waals surface area contributed by atoms with Gasteiger partial charge >= 0.3 is 0 Å². The summed E-state index contributed by atoms with van der Waals surface area (Å²) in [7, 11) is 3.23. The van der Waals surface area contributed by atoms with Crippen molar-refractivity contribution in [3.8, 4) is 11.5 Å². The van der Waals surface area contributed by atoms with Crippen LogP contribution in [0.15, 0.2) is 18.5 Å². The van der Waals surface area contributed by atoms with Gasteiger partial charge in [0.05, 0.1) is 19.7 Å². The van der Waals surface area contributed by atoms with E-state index in [1.54, 1.807) is 25.1 Å². The van der Waals surface area contributed by atoms with Crippen molar-refractivity contribution >= 4 is 22.5 Å². The van der Waals surface area contributed by atoms with Crippen molar-refractivity contribution in [2.75, 3.05) is 19.5 Å². The summed E-state index contributed by atoms with van der Waals surface area (Å²) < 4.78 is 12.5. The lowest BCUT2D eigenvalue weighted by molar-refractivity contribution is 0.356. The van der Waals surface area contributed by atoms with Crippen LogP contribution in [0.1, 0.15) is 19.3 Å². The summed E-state index contributed by atoms with van der Waals surface area (Å²) in [5.74, 6) is 2.03. The number of aromatic nitrogens is 4. The molecule has 1 saturated carbocycles. The number of anilines is 1. The number of hydrogen-bond acceptors (Lipinski definition) is 6. The van der Waals surface area contributed by atoms with E-state index in [9.17, 15) is 0 Å². The van der Waals surface area contributed by atoms with Gasteiger partial charge in [-0.1, -0.05) is 0 Å². The molecule has 2 heterocycles. The second-order valence-corrected chi connectivity index (χ2v) is 5.43. The summed E-state index contributed by atoms with van der Waals surface area (Å²) in [4.78, 5) is 9.06. The fourth-order valence-corrected chi connectivity index (χ4v) is 2.71. The summed E-state index contributed by atoms with van der Waals surface area (Å²) in [5, 5.41) is 8.61. The summed E-state index contributed by atoms with van der Waals surface area (Å²) in [6.45, 7) is 0. The third kappa shape index (κ3) is 1.93. The van der Waals surface area contributed by atoms with Gasteiger partial charge in [0.25, 0.3) is 0 Å². The zero-order chi connectivity index (χ0) is 15.1. The highest BCUT2D eigenvalue weighted by Gasteiger charge is 2.20. The predicted octanol–water partition coefficient (Wildman–Crippen LogP) is 2.26. The standard InChI is InChI=1S/C15H17N5O2/c1-21-12-6-10-11(7-13(12)22-2)19-15(18-9-4-3-5-9)20-14(10)16-8-17-20/h6-9H,3-5H2,1-2H3,(H,18,19). The molecule has 0 aliphatic heterocycles. The lowest BCUT2D eigenvalue weighted by Crippen LogP contribution is -2.28. The van der Waals surface area contributed by atoms with Gasteiger partial charge in [0.2, 0.25) is 5.95 Å². The first-order valence-corrected chi connectivity index (χ1v) is 7.32. The molecule has 1 aromatic carbocycles. The minimum atomic E-state index is 0.470. The van der Waals surface area contributed by atoms with E-state index >= 15 is 0 Å². The maximum Gasteiger partial charge on any atom is 0.226 e. The number of methoxy groups -OCH3 is 2. The molecule has 0 radical (unpaired) electrons. The number of fused-ring (bicyclic) bond motifs is 3. The third-order valence-corrected chi connectivity index (χ3v) is 4.16. The topological polar surface area (TPSA) is 73.6 Å². The fourth-order valence-electron chi connectivity index (χ4n) is 2.71. The number of benzene rings is 1. The zero-order valence-electron chi connectivity index (χ0n) is 12.5. The number of nitrogens with one attached hydrogen (secondary N) is 1. The van der Waals surface area contributed by atoms with Gasteiger partial charge in [0, 0.05) is 17.5 Å². The largest absolute Gasteiger partial charge is 0.493 e. The smallest absolute Gasteiger partial charge is 0.226 e. The van der Waals surface area contributed by atoms with E-state index in [1.165, 1.54) is 19.3 Å².